The van der Waals surface area contributed by atoms with Crippen molar-refractivity contribution in [3.8, 4) is 11.4 Å². The van der Waals surface area contributed by atoms with E-state index in [0.717, 1.165) is 22.5 Å². The van der Waals surface area contributed by atoms with Crippen molar-refractivity contribution in [3.05, 3.63) is 99.6 Å². The Bertz CT molecular complexity index is 1570. The molecule has 0 radical (unpaired) electrons. The number of benzene rings is 3. The SMILES string of the molecule is CCOc1ccc(CN(C)Cn2nc3n(-c4ccccc4)c(=O)c4ccccc4n3c2=S)cc1. The van der Waals surface area contributed by atoms with Crippen LogP contribution in [0.2, 0.25) is 0 Å². The molecule has 0 saturated carbocycles. The Labute approximate surface area is 202 Å². The third-order valence-electron chi connectivity index (χ3n) is 5.68. The summed E-state index contributed by atoms with van der Waals surface area (Å²) in [6.45, 7) is 3.81. The third-order valence-corrected chi connectivity index (χ3v) is 6.07. The van der Waals surface area contributed by atoms with Gasteiger partial charge in [0.25, 0.3) is 5.56 Å². The van der Waals surface area contributed by atoms with Crippen LogP contribution in [0.1, 0.15) is 12.5 Å². The van der Waals surface area contributed by atoms with E-state index in [1.165, 1.54) is 0 Å². The van der Waals surface area contributed by atoms with Gasteiger partial charge in [0.2, 0.25) is 10.5 Å². The molecule has 0 atom stereocenters. The zero-order chi connectivity index (χ0) is 23.7. The first kappa shape index (κ1) is 22.1. The highest BCUT2D eigenvalue weighted by Gasteiger charge is 2.17. The summed E-state index contributed by atoms with van der Waals surface area (Å²) in [5.74, 6) is 1.36. The van der Waals surface area contributed by atoms with Gasteiger partial charge in [0.15, 0.2) is 0 Å². The normalized spacial score (nSPS) is 11.5. The highest BCUT2D eigenvalue weighted by Crippen LogP contribution is 2.18. The van der Waals surface area contributed by atoms with Gasteiger partial charge in [-0.3, -0.25) is 14.1 Å². The van der Waals surface area contributed by atoms with E-state index in [1.807, 2.05) is 85.1 Å². The van der Waals surface area contributed by atoms with Crippen LogP contribution >= 0.6 is 12.2 Å². The maximum Gasteiger partial charge on any atom is 0.267 e. The Morgan fingerprint density at radius 2 is 1.68 bits per heavy atom. The maximum absolute atomic E-state index is 13.4. The molecule has 172 valence electrons. The molecule has 2 heterocycles. The van der Waals surface area contributed by atoms with Gasteiger partial charge < -0.3 is 4.74 Å². The van der Waals surface area contributed by atoms with Crippen LogP contribution < -0.4 is 10.3 Å². The number of fused-ring (bicyclic) bond motifs is 3. The molecule has 0 amide bonds. The summed E-state index contributed by atoms with van der Waals surface area (Å²) in [5, 5.41) is 5.39. The highest BCUT2D eigenvalue weighted by molar-refractivity contribution is 7.71. The lowest BCUT2D eigenvalue weighted by atomic mass is 10.2. The van der Waals surface area contributed by atoms with Crippen molar-refractivity contribution in [2.24, 2.45) is 0 Å². The summed E-state index contributed by atoms with van der Waals surface area (Å²) < 4.78 is 11.3. The monoisotopic (exact) mass is 471 g/mol. The lowest BCUT2D eigenvalue weighted by Gasteiger charge is -2.16. The number of nitrogens with zero attached hydrogens (tertiary/aromatic N) is 5. The molecule has 5 aromatic rings. The Hall–Kier alpha value is -3.75. The molecule has 0 N–H and O–H groups in total. The number of ether oxygens (including phenoxy) is 1. The van der Waals surface area contributed by atoms with Crippen LogP contribution in [0.4, 0.5) is 0 Å². The lowest BCUT2D eigenvalue weighted by Crippen LogP contribution is -2.23. The summed E-state index contributed by atoms with van der Waals surface area (Å²) in [4.78, 5) is 15.6. The molecule has 0 aliphatic carbocycles. The van der Waals surface area contributed by atoms with Crippen LogP contribution in [-0.2, 0) is 13.2 Å². The van der Waals surface area contributed by atoms with Gasteiger partial charge in [0, 0.05) is 6.54 Å². The first-order valence-electron chi connectivity index (χ1n) is 11.2. The van der Waals surface area contributed by atoms with Crippen LogP contribution in [-0.4, -0.2) is 37.3 Å². The van der Waals surface area contributed by atoms with Gasteiger partial charge in [0.05, 0.1) is 29.9 Å². The van der Waals surface area contributed by atoms with Gasteiger partial charge in [-0.2, -0.15) is 0 Å². The number of para-hydroxylation sites is 2. The van der Waals surface area contributed by atoms with Crippen LogP contribution in [0, 0.1) is 4.77 Å². The average Bonchev–Trinajstić information content (AvgIpc) is 3.16. The van der Waals surface area contributed by atoms with E-state index in [9.17, 15) is 4.79 Å². The Kier molecular flexibility index (Phi) is 6.00. The Morgan fingerprint density at radius 1 is 0.971 bits per heavy atom. The standard InChI is InChI=1S/C26H25N5O2S/c1-3-33-21-15-13-19(14-16-21)17-28(2)18-29-26(34)31-23-12-8-7-11-22(23)24(32)30(25(31)27-29)20-9-5-4-6-10-20/h4-16H,3,17-18H2,1-2H3. The fourth-order valence-corrected chi connectivity index (χ4v) is 4.44. The fourth-order valence-electron chi connectivity index (χ4n) is 4.16. The van der Waals surface area contributed by atoms with E-state index >= 15 is 0 Å². The largest absolute Gasteiger partial charge is 0.494 e. The summed E-state index contributed by atoms with van der Waals surface area (Å²) >= 11 is 5.84. The van der Waals surface area contributed by atoms with Gasteiger partial charge in [-0.05, 0) is 68.2 Å². The summed E-state index contributed by atoms with van der Waals surface area (Å²) in [6, 6.07) is 25.1. The minimum absolute atomic E-state index is 0.121. The molecule has 0 fully saturated rings. The van der Waals surface area contributed by atoms with Gasteiger partial charge in [-0.25, -0.2) is 9.25 Å². The minimum atomic E-state index is -0.121. The number of hydrogen-bond acceptors (Lipinski definition) is 5. The first-order chi connectivity index (χ1) is 16.6. The number of rotatable bonds is 7. The van der Waals surface area contributed by atoms with Crippen molar-refractivity contribution in [2.75, 3.05) is 13.7 Å². The van der Waals surface area contributed by atoms with Crippen LogP contribution in [0.5, 0.6) is 5.75 Å². The molecule has 0 spiro atoms. The van der Waals surface area contributed by atoms with E-state index in [1.54, 1.807) is 9.25 Å². The van der Waals surface area contributed by atoms with Crippen molar-refractivity contribution in [2.45, 2.75) is 20.1 Å². The number of aromatic nitrogens is 4. The lowest BCUT2D eigenvalue weighted by molar-refractivity contribution is 0.244. The maximum atomic E-state index is 13.4. The van der Waals surface area contributed by atoms with E-state index in [2.05, 4.69) is 17.0 Å². The predicted octanol–water partition coefficient (Wildman–Crippen LogP) is 4.66. The Morgan fingerprint density at radius 3 is 2.41 bits per heavy atom. The topological polar surface area (TPSA) is 56.7 Å². The van der Waals surface area contributed by atoms with E-state index < -0.39 is 0 Å². The average molecular weight is 472 g/mol. The minimum Gasteiger partial charge on any atom is -0.494 e. The summed E-state index contributed by atoms with van der Waals surface area (Å²) in [6.07, 6.45) is 0. The summed E-state index contributed by atoms with van der Waals surface area (Å²) in [5.41, 5.74) is 2.54. The van der Waals surface area contributed by atoms with Crippen molar-refractivity contribution >= 4 is 28.9 Å². The Balaban J connectivity index is 1.56. The molecule has 0 saturated heterocycles. The van der Waals surface area contributed by atoms with Gasteiger partial charge in [0.1, 0.15) is 5.75 Å². The molecule has 0 unspecified atom stereocenters. The molecule has 5 rings (SSSR count). The van der Waals surface area contributed by atoms with Crippen molar-refractivity contribution < 1.29 is 4.74 Å². The van der Waals surface area contributed by atoms with Crippen molar-refractivity contribution in [1.29, 1.82) is 0 Å². The van der Waals surface area contributed by atoms with E-state index in [4.69, 9.17) is 22.1 Å². The van der Waals surface area contributed by atoms with Crippen molar-refractivity contribution in [1.82, 2.24) is 23.6 Å². The van der Waals surface area contributed by atoms with Gasteiger partial charge in [-0.15, -0.1) is 5.10 Å². The molecule has 8 heteroatoms. The zero-order valence-electron chi connectivity index (χ0n) is 19.1. The second-order valence-electron chi connectivity index (χ2n) is 8.14. The third kappa shape index (κ3) is 4.02. The molecule has 34 heavy (non-hydrogen) atoms. The molecule has 3 aromatic carbocycles. The molecule has 7 nitrogen and oxygen atoms in total. The second-order valence-corrected chi connectivity index (χ2v) is 8.51. The summed E-state index contributed by atoms with van der Waals surface area (Å²) in [7, 11) is 2.02. The fraction of sp³-hybridized carbons (Fsp3) is 0.192. The van der Waals surface area contributed by atoms with Crippen LogP contribution in [0.3, 0.4) is 0 Å². The number of hydrogen-bond donors (Lipinski definition) is 0. The highest BCUT2D eigenvalue weighted by atomic mass is 32.1. The first-order valence-corrected chi connectivity index (χ1v) is 11.6. The molecule has 2 aromatic heterocycles. The quantitative estimate of drug-likeness (QED) is 0.323. The van der Waals surface area contributed by atoms with Crippen LogP contribution in [0.15, 0.2) is 83.7 Å². The molecular weight excluding hydrogens is 446 g/mol. The molecule has 0 bridgehead atoms. The molecule has 0 aliphatic heterocycles. The molecular formula is C26H25N5O2S. The van der Waals surface area contributed by atoms with Gasteiger partial charge in [-0.1, -0.05) is 42.5 Å². The van der Waals surface area contributed by atoms with Crippen molar-refractivity contribution in [3.63, 3.8) is 0 Å². The smallest absolute Gasteiger partial charge is 0.267 e. The molecule has 0 aliphatic rings. The second kappa shape index (κ2) is 9.24. The van der Waals surface area contributed by atoms with Crippen LogP contribution in [0.25, 0.3) is 22.4 Å². The predicted molar refractivity (Wildman–Crippen MR) is 136 cm³/mol. The zero-order valence-corrected chi connectivity index (χ0v) is 19.9. The van der Waals surface area contributed by atoms with Gasteiger partial charge >= 0.3 is 0 Å². The van der Waals surface area contributed by atoms with E-state index in [0.29, 0.717) is 35.8 Å². The van der Waals surface area contributed by atoms with E-state index in [-0.39, 0.29) is 5.56 Å².